The number of aromatic nitrogens is 1. The van der Waals surface area contributed by atoms with Crippen molar-refractivity contribution in [1.82, 2.24) is 10.4 Å². The quantitative estimate of drug-likeness (QED) is 0.0753. The number of hydrogen-bond acceptors (Lipinski definition) is 6. The highest BCUT2D eigenvalue weighted by molar-refractivity contribution is 9.11. The molecule has 0 saturated carbocycles. The Hall–Kier alpha value is -3.38. The van der Waals surface area contributed by atoms with Gasteiger partial charge in [0, 0.05) is 36.0 Å². The molecule has 0 saturated heterocycles. The first-order valence-corrected chi connectivity index (χ1v) is 14.3. The second-order valence-corrected chi connectivity index (χ2v) is 11.3. The van der Waals surface area contributed by atoms with E-state index in [1.165, 1.54) is 18.5 Å². The molecule has 0 aliphatic carbocycles. The van der Waals surface area contributed by atoms with Crippen LogP contribution in [0.1, 0.15) is 26.6 Å². The largest absolute Gasteiger partial charge is 0.495 e. The van der Waals surface area contributed by atoms with Gasteiger partial charge in [0.05, 0.1) is 29.6 Å². The van der Waals surface area contributed by atoms with Gasteiger partial charge in [0.1, 0.15) is 11.4 Å². The van der Waals surface area contributed by atoms with E-state index in [-0.39, 0.29) is 17.2 Å². The number of carbonyl (C=O) groups excluding carboxylic acids is 2. The molecular weight excluding hydrogens is 733 g/mol. The number of nitrogens with one attached hydrogen (secondary N) is 2. The van der Waals surface area contributed by atoms with Gasteiger partial charge < -0.3 is 18.9 Å². The zero-order valence-electron chi connectivity index (χ0n) is 20.4. The van der Waals surface area contributed by atoms with Gasteiger partial charge in [-0.15, -0.1) is 0 Å². The second kappa shape index (κ2) is 12.0. The molecule has 2 heterocycles. The van der Waals surface area contributed by atoms with Gasteiger partial charge in [0.25, 0.3) is 5.91 Å². The molecule has 5 aromatic rings. The minimum Gasteiger partial charge on any atom is -0.495 e. The maximum Gasteiger partial charge on any atom is 0.379 e. The number of hydrogen-bond donors (Lipinski definition) is 2. The molecule has 0 atom stereocenters. The van der Waals surface area contributed by atoms with Gasteiger partial charge in [0.2, 0.25) is 5.76 Å². The van der Waals surface area contributed by atoms with Crippen LogP contribution in [0, 0.1) is 0 Å². The molecular formula is C28H17Br3ClN3O5. The van der Waals surface area contributed by atoms with Crippen LogP contribution < -0.4 is 14.9 Å². The molecule has 0 bridgehead atoms. The molecule has 202 valence electrons. The Labute approximate surface area is 258 Å². The molecule has 5 rings (SSSR count). The Morgan fingerprint density at radius 1 is 1.05 bits per heavy atom. The van der Waals surface area contributed by atoms with Crippen LogP contribution in [-0.4, -0.2) is 30.2 Å². The van der Waals surface area contributed by atoms with Gasteiger partial charge in [-0.25, -0.2) is 10.2 Å². The van der Waals surface area contributed by atoms with Crippen LogP contribution in [0.15, 0.2) is 89.9 Å². The number of furan rings is 1. The molecule has 1 amide bonds. The molecule has 2 aromatic heterocycles. The number of methoxy groups -OCH3 is 1. The molecule has 0 aliphatic heterocycles. The lowest BCUT2D eigenvalue weighted by molar-refractivity contribution is 0.0699. The fourth-order valence-corrected chi connectivity index (χ4v) is 6.15. The van der Waals surface area contributed by atoms with E-state index in [0.29, 0.717) is 41.9 Å². The van der Waals surface area contributed by atoms with Gasteiger partial charge in [0.15, 0.2) is 5.75 Å². The first-order chi connectivity index (χ1) is 19.3. The summed E-state index contributed by atoms with van der Waals surface area (Å²) in [5.74, 6) is -0.429. The summed E-state index contributed by atoms with van der Waals surface area (Å²) in [4.78, 5) is 29.2. The van der Waals surface area contributed by atoms with Crippen LogP contribution >= 0.6 is 59.4 Å². The molecule has 0 spiro atoms. The Morgan fingerprint density at radius 2 is 1.85 bits per heavy atom. The predicted octanol–water partition coefficient (Wildman–Crippen LogP) is 8.36. The number of nitrogens with zero attached hydrogens (tertiary/aromatic N) is 1. The molecule has 12 heteroatoms. The number of amides is 1. The number of halogens is 4. The number of fused-ring (bicyclic) bond motifs is 1. The molecule has 0 aliphatic rings. The standard InChI is InChI=1S/C28H17Br3ClN3O5/c1-38-20-9-8-17(30)23-22(16-5-2-3-6-19(16)32)25(34-24(20)23)27(36)35-33-13-14-11-15(29)12-18(31)26(14)40-28(37)21-7-4-10-39-21/h2-13,34H,1H3,(H,35,36). The highest BCUT2D eigenvalue weighted by Gasteiger charge is 2.24. The van der Waals surface area contributed by atoms with Crippen LogP contribution in [0.3, 0.4) is 0 Å². The van der Waals surface area contributed by atoms with Gasteiger partial charge in [-0.1, -0.05) is 61.7 Å². The van der Waals surface area contributed by atoms with E-state index < -0.39 is 11.9 Å². The number of carbonyl (C=O) groups is 2. The number of aromatic amines is 1. The first kappa shape index (κ1) is 28.2. The Balaban J connectivity index is 1.51. The normalized spacial score (nSPS) is 11.2. The highest BCUT2D eigenvalue weighted by atomic mass is 79.9. The SMILES string of the molecule is COc1ccc(Br)c2c(-c3ccccc3Cl)c(C(=O)NN=Cc3cc(Br)cc(Br)c3OC(=O)c3ccco3)[nH]c12. The summed E-state index contributed by atoms with van der Waals surface area (Å²) in [5.41, 5.74) is 5.04. The lowest BCUT2D eigenvalue weighted by atomic mass is 10.0. The second-order valence-electron chi connectivity index (χ2n) is 8.23. The van der Waals surface area contributed by atoms with Crippen LogP contribution in [0.5, 0.6) is 11.5 Å². The van der Waals surface area contributed by atoms with E-state index >= 15 is 0 Å². The minimum atomic E-state index is -0.686. The number of rotatable bonds is 7. The van der Waals surface area contributed by atoms with Gasteiger partial charge in [-0.05, 0) is 58.4 Å². The molecule has 3 aromatic carbocycles. The van der Waals surface area contributed by atoms with Crippen molar-refractivity contribution in [3.05, 3.63) is 102 Å². The number of ether oxygens (including phenoxy) is 2. The third-order valence-electron chi connectivity index (χ3n) is 5.78. The molecule has 0 unspecified atom stereocenters. The third-order valence-corrected chi connectivity index (χ3v) is 7.82. The molecule has 0 radical (unpaired) electrons. The Morgan fingerprint density at radius 3 is 2.58 bits per heavy atom. The number of esters is 1. The zero-order valence-corrected chi connectivity index (χ0v) is 25.9. The lowest BCUT2D eigenvalue weighted by Gasteiger charge is -2.10. The summed E-state index contributed by atoms with van der Waals surface area (Å²) in [7, 11) is 1.55. The van der Waals surface area contributed by atoms with E-state index in [1.807, 2.05) is 24.3 Å². The highest BCUT2D eigenvalue weighted by Crippen LogP contribution is 2.43. The average Bonchev–Trinajstić information content (AvgIpc) is 3.60. The summed E-state index contributed by atoms with van der Waals surface area (Å²) in [6, 6.07) is 17.3. The summed E-state index contributed by atoms with van der Waals surface area (Å²) in [6.07, 6.45) is 2.74. The number of hydrazone groups is 1. The molecule has 40 heavy (non-hydrogen) atoms. The van der Waals surface area contributed by atoms with E-state index in [1.54, 1.807) is 37.4 Å². The topological polar surface area (TPSA) is 106 Å². The van der Waals surface area contributed by atoms with Crippen molar-refractivity contribution in [2.24, 2.45) is 5.10 Å². The first-order valence-electron chi connectivity index (χ1n) is 11.5. The Kier molecular flexibility index (Phi) is 8.46. The van der Waals surface area contributed by atoms with Crippen LogP contribution in [0.25, 0.3) is 22.0 Å². The maximum atomic E-state index is 13.5. The van der Waals surface area contributed by atoms with Crippen LogP contribution in [0.2, 0.25) is 5.02 Å². The van der Waals surface area contributed by atoms with Gasteiger partial charge >= 0.3 is 5.97 Å². The van der Waals surface area contributed by atoms with Crippen molar-refractivity contribution in [2.45, 2.75) is 0 Å². The Bertz CT molecular complexity index is 1780. The summed E-state index contributed by atoms with van der Waals surface area (Å²) in [5, 5.41) is 5.34. The van der Waals surface area contributed by atoms with Gasteiger partial charge in [-0.2, -0.15) is 5.10 Å². The fourth-order valence-electron chi connectivity index (χ4n) is 4.05. The van der Waals surface area contributed by atoms with E-state index in [9.17, 15) is 9.59 Å². The minimum absolute atomic E-state index is 0.0403. The van der Waals surface area contributed by atoms with Crippen molar-refractivity contribution in [3.8, 4) is 22.6 Å². The van der Waals surface area contributed by atoms with Gasteiger partial charge in [-0.3, -0.25) is 4.79 Å². The molecule has 0 fully saturated rings. The molecule has 8 nitrogen and oxygen atoms in total. The van der Waals surface area contributed by atoms with Crippen LogP contribution in [-0.2, 0) is 0 Å². The number of benzene rings is 3. The predicted molar refractivity (Wildman–Crippen MR) is 164 cm³/mol. The van der Waals surface area contributed by atoms with E-state index in [0.717, 1.165) is 9.86 Å². The van der Waals surface area contributed by atoms with Crippen molar-refractivity contribution >= 4 is 88.4 Å². The third kappa shape index (κ3) is 5.60. The van der Waals surface area contributed by atoms with Crippen molar-refractivity contribution < 1.29 is 23.5 Å². The van der Waals surface area contributed by atoms with Crippen molar-refractivity contribution in [2.75, 3.05) is 7.11 Å². The lowest BCUT2D eigenvalue weighted by Crippen LogP contribution is -2.19. The smallest absolute Gasteiger partial charge is 0.379 e. The van der Waals surface area contributed by atoms with E-state index in [4.69, 9.17) is 25.5 Å². The van der Waals surface area contributed by atoms with Crippen molar-refractivity contribution in [3.63, 3.8) is 0 Å². The van der Waals surface area contributed by atoms with E-state index in [2.05, 4.69) is 63.3 Å². The van der Waals surface area contributed by atoms with Crippen LogP contribution in [0.4, 0.5) is 0 Å². The van der Waals surface area contributed by atoms with Crippen molar-refractivity contribution in [1.29, 1.82) is 0 Å². The summed E-state index contributed by atoms with van der Waals surface area (Å²) in [6.45, 7) is 0. The average molecular weight is 751 g/mol. The maximum absolute atomic E-state index is 13.5. The fraction of sp³-hybridized carbons (Fsp3) is 0.0357. The number of H-pyrrole nitrogens is 1. The molecule has 2 N–H and O–H groups in total. The summed E-state index contributed by atoms with van der Waals surface area (Å²) < 4.78 is 18.1. The summed E-state index contributed by atoms with van der Waals surface area (Å²) >= 11 is 17.0. The monoisotopic (exact) mass is 747 g/mol. The zero-order chi connectivity index (χ0) is 28.4.